The number of carbonyl (C=O) groups is 3. The molecule has 184 valence electrons. The van der Waals surface area contributed by atoms with Crippen molar-refractivity contribution >= 4 is 56.9 Å². The van der Waals surface area contributed by atoms with Gasteiger partial charge in [0.1, 0.15) is 16.0 Å². The van der Waals surface area contributed by atoms with Gasteiger partial charge in [-0.05, 0) is 48.7 Å². The molecule has 0 unspecified atom stereocenters. The second-order valence-electron chi connectivity index (χ2n) is 8.26. The number of halogens is 1. The quantitative estimate of drug-likeness (QED) is 0.349. The van der Waals surface area contributed by atoms with Gasteiger partial charge in [0.15, 0.2) is 5.75 Å². The van der Waals surface area contributed by atoms with Crippen LogP contribution < -0.4 is 15.8 Å². The number of ether oxygens (including phenoxy) is 1. The fourth-order valence-electron chi connectivity index (χ4n) is 4.09. The Kier molecular flexibility index (Phi) is 6.57. The minimum absolute atomic E-state index is 0.148. The highest BCUT2D eigenvalue weighted by molar-refractivity contribution is 7.17. The number of fused-ring (bicyclic) bond motifs is 2. The number of carbonyl (C=O) groups excluding carboxylic acids is 3. The van der Waals surface area contributed by atoms with Gasteiger partial charge in [-0.1, -0.05) is 23.7 Å². The number of anilines is 1. The molecule has 4 aromatic rings. The van der Waals surface area contributed by atoms with E-state index in [2.05, 4.69) is 20.7 Å². The Morgan fingerprint density at radius 1 is 1.14 bits per heavy atom. The number of hydrogen-bond donors (Lipinski definition) is 3. The second-order valence-corrected chi connectivity index (χ2v) is 9.80. The highest BCUT2D eigenvalue weighted by Crippen LogP contribution is 2.43. The molecule has 36 heavy (non-hydrogen) atoms. The predicted octanol–water partition coefficient (Wildman–Crippen LogP) is 3.90. The third-order valence-corrected chi connectivity index (χ3v) is 7.23. The van der Waals surface area contributed by atoms with Crippen LogP contribution in [0.15, 0.2) is 42.5 Å². The smallest absolute Gasteiger partial charge is 0.407 e. The van der Waals surface area contributed by atoms with Gasteiger partial charge in [-0.2, -0.15) is 15.4 Å². The summed E-state index contributed by atoms with van der Waals surface area (Å²) < 4.78 is 5.28. The molecule has 2 aromatic heterocycles. The Labute approximate surface area is 214 Å². The fourth-order valence-corrected chi connectivity index (χ4v) is 5.43. The van der Waals surface area contributed by atoms with Crippen molar-refractivity contribution < 1.29 is 19.1 Å². The normalized spacial score (nSPS) is 12.9. The van der Waals surface area contributed by atoms with E-state index in [9.17, 15) is 14.4 Å². The Morgan fingerprint density at radius 2 is 1.92 bits per heavy atom. The molecule has 1 aliphatic rings. The van der Waals surface area contributed by atoms with Gasteiger partial charge in [-0.15, -0.1) is 11.3 Å². The zero-order valence-electron chi connectivity index (χ0n) is 18.9. The molecule has 0 radical (unpaired) electrons. The number of nitrogens with zero attached hydrogens (tertiary/aromatic N) is 3. The average molecular weight is 525 g/mol. The predicted molar refractivity (Wildman–Crippen MR) is 135 cm³/mol. The van der Waals surface area contributed by atoms with E-state index in [0.29, 0.717) is 52.6 Å². The number of nitrogens with one attached hydrogen (secondary N) is 2. The molecule has 5 rings (SSSR count). The molecule has 4 N–H and O–H groups in total. The minimum atomic E-state index is -0.966. The molecule has 0 saturated carbocycles. The molecule has 0 saturated heterocycles. The van der Waals surface area contributed by atoms with Crippen LogP contribution in [-0.2, 0) is 24.2 Å². The first-order valence-electron chi connectivity index (χ1n) is 11.1. The van der Waals surface area contributed by atoms with Crippen LogP contribution in [0.2, 0.25) is 5.02 Å². The second kappa shape index (κ2) is 9.96. The molecule has 0 bridgehead atoms. The first kappa shape index (κ1) is 23.8. The van der Waals surface area contributed by atoms with Crippen LogP contribution >= 0.6 is 22.9 Å². The van der Waals surface area contributed by atoms with E-state index in [-0.39, 0.29) is 24.0 Å². The molecular weight excluding hydrogens is 504 g/mol. The van der Waals surface area contributed by atoms with E-state index in [1.807, 2.05) is 12.1 Å². The third kappa shape index (κ3) is 5.02. The largest absolute Gasteiger partial charge is 0.410 e. The van der Waals surface area contributed by atoms with Gasteiger partial charge in [-0.3, -0.25) is 9.59 Å². The SMILES string of the molecule is NC(=O)Oc1c(NC(=O)CCc2ccc(Cl)cc2)sc2c1CCN(C(=O)c1ccc3n[nH]nc3c1)C2. The van der Waals surface area contributed by atoms with Crippen LogP contribution in [0.1, 0.15) is 32.8 Å². The van der Waals surface area contributed by atoms with Crippen molar-refractivity contribution in [1.29, 1.82) is 0 Å². The first-order chi connectivity index (χ1) is 17.4. The molecule has 0 aliphatic carbocycles. The number of aryl methyl sites for hydroxylation is 1. The van der Waals surface area contributed by atoms with Crippen LogP contribution in [0, 0.1) is 0 Å². The molecule has 0 atom stereocenters. The molecule has 0 spiro atoms. The number of rotatable bonds is 6. The maximum Gasteiger partial charge on any atom is 0.410 e. The topological polar surface area (TPSA) is 143 Å². The van der Waals surface area contributed by atoms with E-state index in [0.717, 1.165) is 16.0 Å². The fraction of sp³-hybridized carbons (Fsp3) is 0.208. The van der Waals surface area contributed by atoms with Gasteiger partial charge in [-0.25, -0.2) is 4.79 Å². The molecule has 10 nitrogen and oxygen atoms in total. The molecule has 12 heteroatoms. The van der Waals surface area contributed by atoms with Crippen molar-refractivity contribution in [2.45, 2.75) is 25.8 Å². The summed E-state index contributed by atoms with van der Waals surface area (Å²) >= 11 is 7.19. The Bertz CT molecular complexity index is 1470. The van der Waals surface area contributed by atoms with Gasteiger partial charge < -0.3 is 20.7 Å². The molecule has 3 heterocycles. The van der Waals surface area contributed by atoms with Gasteiger partial charge in [0.25, 0.3) is 5.91 Å². The van der Waals surface area contributed by atoms with Crippen molar-refractivity contribution in [2.24, 2.45) is 5.73 Å². The maximum absolute atomic E-state index is 13.2. The zero-order valence-corrected chi connectivity index (χ0v) is 20.5. The molecule has 1 aliphatic heterocycles. The van der Waals surface area contributed by atoms with Crippen LogP contribution in [-0.4, -0.2) is 44.8 Å². The Morgan fingerprint density at radius 3 is 2.69 bits per heavy atom. The maximum atomic E-state index is 13.2. The summed E-state index contributed by atoms with van der Waals surface area (Å²) in [6, 6.07) is 12.4. The molecule has 0 fully saturated rings. The lowest BCUT2D eigenvalue weighted by Crippen LogP contribution is -2.35. The van der Waals surface area contributed by atoms with Gasteiger partial charge >= 0.3 is 6.09 Å². The van der Waals surface area contributed by atoms with E-state index in [1.165, 1.54) is 11.3 Å². The number of aromatic nitrogens is 3. The Balaban J connectivity index is 1.31. The lowest BCUT2D eigenvalue weighted by Gasteiger charge is -2.27. The van der Waals surface area contributed by atoms with Crippen molar-refractivity contribution in [3.8, 4) is 5.75 Å². The van der Waals surface area contributed by atoms with Crippen molar-refractivity contribution in [3.63, 3.8) is 0 Å². The highest BCUT2D eigenvalue weighted by atomic mass is 35.5. The highest BCUT2D eigenvalue weighted by Gasteiger charge is 2.30. The van der Waals surface area contributed by atoms with Crippen LogP contribution in [0.4, 0.5) is 9.80 Å². The number of nitrogens with two attached hydrogens (primary N) is 1. The van der Waals surface area contributed by atoms with Crippen molar-refractivity contribution in [1.82, 2.24) is 20.3 Å². The first-order valence-corrected chi connectivity index (χ1v) is 12.3. The molecule has 3 amide bonds. The summed E-state index contributed by atoms with van der Waals surface area (Å²) in [4.78, 5) is 39.9. The number of primary amides is 1. The zero-order chi connectivity index (χ0) is 25.2. The number of aromatic amines is 1. The van der Waals surface area contributed by atoms with Crippen LogP contribution in [0.25, 0.3) is 11.0 Å². The number of amides is 3. The lowest BCUT2D eigenvalue weighted by atomic mass is 10.1. The van der Waals surface area contributed by atoms with E-state index >= 15 is 0 Å². The summed E-state index contributed by atoms with van der Waals surface area (Å²) in [5, 5.41) is 14.5. The monoisotopic (exact) mass is 524 g/mol. The summed E-state index contributed by atoms with van der Waals surface area (Å²) in [5.74, 6) is -0.130. The van der Waals surface area contributed by atoms with Crippen LogP contribution in [0.3, 0.4) is 0 Å². The van der Waals surface area contributed by atoms with E-state index in [4.69, 9.17) is 22.1 Å². The average Bonchev–Trinajstić information content (AvgIpc) is 3.46. The summed E-state index contributed by atoms with van der Waals surface area (Å²) in [6.45, 7) is 0.726. The number of thiophene rings is 1. The van der Waals surface area contributed by atoms with Gasteiger partial charge in [0.2, 0.25) is 5.91 Å². The van der Waals surface area contributed by atoms with Crippen molar-refractivity contribution in [2.75, 3.05) is 11.9 Å². The molecular formula is C24H21ClN6O4S. The third-order valence-electron chi connectivity index (χ3n) is 5.87. The number of H-pyrrole nitrogens is 1. The van der Waals surface area contributed by atoms with Crippen molar-refractivity contribution in [3.05, 3.63) is 69.1 Å². The summed E-state index contributed by atoms with van der Waals surface area (Å²) in [6.07, 6.45) is 0.243. The standard InChI is InChI=1S/C24H21ClN6O4S/c25-15-5-1-13(2-6-15)3-8-20(32)27-22-21(35-24(26)34)16-9-10-31(12-19(16)36-22)23(33)14-4-7-17-18(11-14)29-30-28-17/h1-2,4-7,11H,3,8-10,12H2,(H2,26,34)(H,27,32)(H,28,29,30). The van der Waals surface area contributed by atoms with E-state index < -0.39 is 6.09 Å². The number of hydrogen-bond acceptors (Lipinski definition) is 7. The Hall–Kier alpha value is -3.96. The number of benzene rings is 2. The minimum Gasteiger partial charge on any atom is -0.407 e. The van der Waals surface area contributed by atoms with Crippen LogP contribution in [0.5, 0.6) is 5.75 Å². The van der Waals surface area contributed by atoms with Gasteiger partial charge in [0.05, 0.1) is 6.54 Å². The lowest BCUT2D eigenvalue weighted by molar-refractivity contribution is -0.116. The summed E-state index contributed by atoms with van der Waals surface area (Å²) in [5.41, 5.74) is 8.82. The molecule has 2 aromatic carbocycles. The van der Waals surface area contributed by atoms with E-state index in [1.54, 1.807) is 35.2 Å². The summed E-state index contributed by atoms with van der Waals surface area (Å²) in [7, 11) is 0. The van der Waals surface area contributed by atoms with Gasteiger partial charge in [0, 0.05) is 34.0 Å².